The van der Waals surface area contributed by atoms with Crippen LogP contribution in [0.3, 0.4) is 0 Å². The smallest absolute Gasteiger partial charge is 0.0410 e. The van der Waals surface area contributed by atoms with Gasteiger partial charge in [-0.05, 0) is 58.2 Å². The molecule has 2 N–H and O–H groups in total. The van der Waals surface area contributed by atoms with Crippen molar-refractivity contribution >= 4 is 21.6 Å². The maximum absolute atomic E-state index is 5.73. The van der Waals surface area contributed by atoms with Gasteiger partial charge < -0.3 is 5.73 Å². The Bertz CT molecular complexity index is 540. The van der Waals surface area contributed by atoms with Gasteiger partial charge in [0.1, 0.15) is 0 Å². The molecule has 2 aromatic rings. The summed E-state index contributed by atoms with van der Waals surface area (Å²) >= 11 is 3.47. The Balaban J connectivity index is 2.05. The third-order valence-electron chi connectivity index (χ3n) is 3.09. The minimum absolute atomic E-state index is 0.812. The standard InChI is InChI=1S/C16H20BrN3/c1-2-7-20(11-13-3-5-16(18)6-4-13)12-14-8-15(17)10-19-9-14/h3-6,8-10H,2,7,11-12,18H2,1H3. The van der Waals surface area contributed by atoms with E-state index in [-0.39, 0.29) is 0 Å². The van der Waals surface area contributed by atoms with Crippen LogP contribution in [0.4, 0.5) is 5.69 Å². The molecule has 0 bridgehead atoms. The lowest BCUT2D eigenvalue weighted by atomic mass is 10.1. The average Bonchev–Trinajstić information content (AvgIpc) is 2.42. The van der Waals surface area contributed by atoms with Crippen LogP contribution in [0, 0.1) is 0 Å². The van der Waals surface area contributed by atoms with Gasteiger partial charge in [-0.15, -0.1) is 0 Å². The molecule has 1 heterocycles. The van der Waals surface area contributed by atoms with Gasteiger partial charge in [-0.25, -0.2) is 0 Å². The zero-order valence-electron chi connectivity index (χ0n) is 11.7. The second-order valence-electron chi connectivity index (χ2n) is 4.96. The van der Waals surface area contributed by atoms with Crippen LogP contribution in [-0.2, 0) is 13.1 Å². The van der Waals surface area contributed by atoms with Crippen LogP contribution in [0.1, 0.15) is 24.5 Å². The molecule has 106 valence electrons. The quantitative estimate of drug-likeness (QED) is 0.816. The van der Waals surface area contributed by atoms with E-state index >= 15 is 0 Å². The van der Waals surface area contributed by atoms with Gasteiger partial charge in [0.2, 0.25) is 0 Å². The molecule has 0 aliphatic rings. The monoisotopic (exact) mass is 333 g/mol. The summed E-state index contributed by atoms with van der Waals surface area (Å²) in [6.45, 7) is 5.11. The van der Waals surface area contributed by atoms with Crippen LogP contribution in [0.2, 0.25) is 0 Å². The Morgan fingerprint density at radius 3 is 2.45 bits per heavy atom. The third-order valence-corrected chi connectivity index (χ3v) is 3.53. The highest BCUT2D eigenvalue weighted by Crippen LogP contribution is 2.14. The summed E-state index contributed by atoms with van der Waals surface area (Å²) in [6.07, 6.45) is 4.88. The summed E-state index contributed by atoms with van der Waals surface area (Å²) in [4.78, 5) is 6.65. The van der Waals surface area contributed by atoms with Gasteiger partial charge in [0.05, 0.1) is 0 Å². The summed E-state index contributed by atoms with van der Waals surface area (Å²) in [7, 11) is 0. The van der Waals surface area contributed by atoms with Crippen molar-refractivity contribution < 1.29 is 0 Å². The molecule has 0 saturated carbocycles. The third kappa shape index (κ3) is 4.62. The molecular formula is C16H20BrN3. The lowest BCUT2D eigenvalue weighted by molar-refractivity contribution is 0.257. The maximum Gasteiger partial charge on any atom is 0.0410 e. The highest BCUT2D eigenvalue weighted by molar-refractivity contribution is 9.10. The molecule has 0 aliphatic carbocycles. The zero-order valence-corrected chi connectivity index (χ0v) is 13.3. The molecule has 3 nitrogen and oxygen atoms in total. The van der Waals surface area contributed by atoms with Crippen molar-refractivity contribution in [2.24, 2.45) is 0 Å². The number of anilines is 1. The highest BCUT2D eigenvalue weighted by atomic mass is 79.9. The molecule has 1 aromatic heterocycles. The summed E-state index contributed by atoms with van der Waals surface area (Å²) in [6, 6.07) is 10.2. The second kappa shape index (κ2) is 7.41. The first-order valence-corrected chi connectivity index (χ1v) is 7.63. The van der Waals surface area contributed by atoms with E-state index in [2.05, 4.69) is 50.9 Å². The minimum Gasteiger partial charge on any atom is -0.399 e. The molecule has 0 aliphatic heterocycles. The molecule has 2 rings (SSSR count). The Labute approximate surface area is 129 Å². The lowest BCUT2D eigenvalue weighted by Crippen LogP contribution is -2.23. The SMILES string of the molecule is CCCN(Cc1ccc(N)cc1)Cc1cncc(Br)c1. The van der Waals surface area contributed by atoms with Crippen molar-refractivity contribution in [3.05, 3.63) is 58.3 Å². The van der Waals surface area contributed by atoms with Gasteiger partial charge in [-0.1, -0.05) is 19.1 Å². The molecule has 0 unspecified atom stereocenters. The van der Waals surface area contributed by atoms with Gasteiger partial charge in [-0.3, -0.25) is 9.88 Å². The normalized spacial score (nSPS) is 10.9. The predicted molar refractivity (Wildman–Crippen MR) is 87.2 cm³/mol. The number of aromatic nitrogens is 1. The topological polar surface area (TPSA) is 42.1 Å². The maximum atomic E-state index is 5.73. The Morgan fingerprint density at radius 2 is 1.80 bits per heavy atom. The van der Waals surface area contributed by atoms with Gasteiger partial charge >= 0.3 is 0 Å². The van der Waals surface area contributed by atoms with E-state index < -0.39 is 0 Å². The van der Waals surface area contributed by atoms with Crippen molar-refractivity contribution in [2.45, 2.75) is 26.4 Å². The summed E-state index contributed by atoms with van der Waals surface area (Å²) in [5.41, 5.74) is 9.05. The molecule has 4 heteroatoms. The van der Waals surface area contributed by atoms with Crippen LogP contribution < -0.4 is 5.73 Å². The minimum atomic E-state index is 0.812. The van der Waals surface area contributed by atoms with Crippen LogP contribution in [-0.4, -0.2) is 16.4 Å². The number of nitrogens with two attached hydrogens (primary N) is 1. The van der Waals surface area contributed by atoms with E-state index in [1.165, 1.54) is 11.1 Å². The van der Waals surface area contributed by atoms with E-state index in [1.54, 1.807) is 0 Å². The van der Waals surface area contributed by atoms with Crippen molar-refractivity contribution in [1.82, 2.24) is 9.88 Å². The molecule has 0 fully saturated rings. The van der Waals surface area contributed by atoms with E-state index in [1.807, 2.05) is 24.5 Å². The van der Waals surface area contributed by atoms with E-state index in [0.29, 0.717) is 0 Å². The number of rotatable bonds is 6. The highest BCUT2D eigenvalue weighted by Gasteiger charge is 2.07. The van der Waals surface area contributed by atoms with Crippen molar-refractivity contribution in [1.29, 1.82) is 0 Å². The molecule has 0 atom stereocenters. The van der Waals surface area contributed by atoms with Gasteiger partial charge in [-0.2, -0.15) is 0 Å². The Morgan fingerprint density at radius 1 is 1.10 bits per heavy atom. The molecule has 0 saturated heterocycles. The summed E-state index contributed by atoms with van der Waals surface area (Å²) in [5.74, 6) is 0. The molecule has 20 heavy (non-hydrogen) atoms. The van der Waals surface area contributed by atoms with E-state index in [0.717, 1.165) is 36.2 Å². The molecule has 0 radical (unpaired) electrons. The lowest BCUT2D eigenvalue weighted by Gasteiger charge is -2.22. The fourth-order valence-electron chi connectivity index (χ4n) is 2.21. The zero-order chi connectivity index (χ0) is 14.4. The van der Waals surface area contributed by atoms with Crippen LogP contribution in [0.15, 0.2) is 47.2 Å². The Hall–Kier alpha value is -1.39. The first-order chi connectivity index (χ1) is 9.67. The number of hydrogen-bond donors (Lipinski definition) is 1. The van der Waals surface area contributed by atoms with Gasteiger partial charge in [0, 0.05) is 35.6 Å². The predicted octanol–water partition coefficient (Wildman–Crippen LogP) is 3.84. The van der Waals surface area contributed by atoms with Crippen LogP contribution in [0.5, 0.6) is 0 Å². The fraction of sp³-hybridized carbons (Fsp3) is 0.312. The van der Waals surface area contributed by atoms with E-state index in [9.17, 15) is 0 Å². The number of benzene rings is 1. The summed E-state index contributed by atoms with van der Waals surface area (Å²) < 4.78 is 1.03. The van der Waals surface area contributed by atoms with Crippen LogP contribution in [0.25, 0.3) is 0 Å². The second-order valence-corrected chi connectivity index (χ2v) is 5.88. The van der Waals surface area contributed by atoms with Crippen LogP contribution >= 0.6 is 15.9 Å². The number of pyridine rings is 1. The fourth-order valence-corrected chi connectivity index (χ4v) is 2.62. The number of halogens is 1. The number of hydrogen-bond acceptors (Lipinski definition) is 3. The first-order valence-electron chi connectivity index (χ1n) is 6.83. The Kier molecular flexibility index (Phi) is 5.56. The van der Waals surface area contributed by atoms with Gasteiger partial charge in [0.15, 0.2) is 0 Å². The van der Waals surface area contributed by atoms with Gasteiger partial charge in [0.25, 0.3) is 0 Å². The number of nitrogen functional groups attached to an aromatic ring is 1. The number of nitrogens with zero attached hydrogens (tertiary/aromatic N) is 2. The first kappa shape index (κ1) is 15.0. The van der Waals surface area contributed by atoms with Crippen molar-refractivity contribution in [3.63, 3.8) is 0 Å². The van der Waals surface area contributed by atoms with Crippen molar-refractivity contribution in [3.8, 4) is 0 Å². The molecule has 0 amide bonds. The molecule has 0 spiro atoms. The van der Waals surface area contributed by atoms with Crippen molar-refractivity contribution in [2.75, 3.05) is 12.3 Å². The molecule has 1 aromatic carbocycles. The molecular weight excluding hydrogens is 314 g/mol. The van der Waals surface area contributed by atoms with E-state index in [4.69, 9.17) is 5.73 Å². The largest absolute Gasteiger partial charge is 0.399 e. The average molecular weight is 334 g/mol. The summed E-state index contributed by atoms with van der Waals surface area (Å²) in [5, 5.41) is 0.